The Kier molecular flexibility index (Phi) is 5.28. The van der Waals surface area contributed by atoms with Crippen LogP contribution in [0.4, 0.5) is 10.1 Å². The van der Waals surface area contributed by atoms with E-state index in [2.05, 4.69) is 36.2 Å². The molecule has 3 aromatic rings. The van der Waals surface area contributed by atoms with Crippen LogP contribution in [-0.4, -0.2) is 26.3 Å². The molecule has 7 nitrogen and oxygen atoms in total. The molecule has 1 aromatic carbocycles. The lowest BCUT2D eigenvalue weighted by Gasteiger charge is -2.03. The molecule has 2 heterocycles. The molecule has 0 unspecified atom stereocenters. The molecule has 0 saturated carbocycles. The van der Waals surface area contributed by atoms with Crippen molar-refractivity contribution in [1.29, 1.82) is 0 Å². The van der Waals surface area contributed by atoms with E-state index in [9.17, 15) is 9.60 Å². The zero-order chi connectivity index (χ0) is 16.9. The maximum absolute atomic E-state index is 13.3. The van der Waals surface area contributed by atoms with Crippen LogP contribution in [0.3, 0.4) is 0 Å². The topological polar surface area (TPSA) is 96.4 Å². The van der Waals surface area contributed by atoms with E-state index in [0.29, 0.717) is 24.2 Å². The molecule has 2 aromatic heterocycles. The van der Waals surface area contributed by atoms with Gasteiger partial charge in [0.1, 0.15) is 11.5 Å². The molecule has 2 N–H and O–H groups in total. The summed E-state index contributed by atoms with van der Waals surface area (Å²) in [7, 11) is 0. The van der Waals surface area contributed by atoms with Crippen molar-refractivity contribution in [2.24, 2.45) is 4.99 Å². The maximum atomic E-state index is 13.3. The minimum absolute atomic E-state index is 0.0584. The average Bonchev–Trinajstić information content (AvgIpc) is 3.25. The van der Waals surface area contributed by atoms with Crippen LogP contribution < -0.4 is 5.48 Å². The minimum Gasteiger partial charge on any atom is -0.290 e. The number of benzene rings is 1. The predicted molar refractivity (Wildman–Crippen MR) is 89.0 cm³/mol. The van der Waals surface area contributed by atoms with Gasteiger partial charge < -0.3 is 0 Å². The van der Waals surface area contributed by atoms with Crippen LogP contribution >= 0.6 is 27.3 Å². The van der Waals surface area contributed by atoms with Crippen molar-refractivity contribution < 1.29 is 14.2 Å². The molecule has 0 aliphatic rings. The second-order valence-electron chi connectivity index (χ2n) is 4.71. The van der Waals surface area contributed by atoms with Gasteiger partial charge in [0.2, 0.25) is 0 Å². The van der Waals surface area contributed by atoms with Crippen molar-refractivity contribution in [1.82, 2.24) is 20.8 Å². The van der Waals surface area contributed by atoms with Gasteiger partial charge in [0.05, 0.1) is 21.4 Å². The predicted octanol–water partition coefficient (Wildman–Crippen LogP) is 3.27. The van der Waals surface area contributed by atoms with E-state index in [0.717, 1.165) is 5.69 Å². The summed E-state index contributed by atoms with van der Waals surface area (Å²) in [6, 6.07) is 4.22. The van der Waals surface area contributed by atoms with E-state index in [-0.39, 0.29) is 16.0 Å². The van der Waals surface area contributed by atoms with Gasteiger partial charge in [-0.3, -0.25) is 10.7 Å². The van der Waals surface area contributed by atoms with Crippen LogP contribution in [0.15, 0.2) is 43.2 Å². The second kappa shape index (κ2) is 7.60. The third kappa shape index (κ3) is 3.83. The quantitative estimate of drug-likeness (QED) is 0.379. The molecule has 0 amide bonds. The first-order valence-electron chi connectivity index (χ1n) is 6.80. The number of nitrogens with one attached hydrogen (secondary N) is 1. The van der Waals surface area contributed by atoms with E-state index in [1.807, 2.05) is 10.9 Å². The molecule has 10 heteroatoms. The molecule has 0 fully saturated rings. The number of hydroxylamine groups is 1. The highest BCUT2D eigenvalue weighted by atomic mass is 79.9. The summed E-state index contributed by atoms with van der Waals surface area (Å²) >= 11 is 4.60. The van der Waals surface area contributed by atoms with Gasteiger partial charge >= 0.3 is 0 Å². The Morgan fingerprint density at radius 3 is 2.96 bits per heavy atom. The third-order valence-corrected chi connectivity index (χ3v) is 4.38. The number of thiazole rings is 1. The van der Waals surface area contributed by atoms with Gasteiger partial charge in [-0.1, -0.05) is 5.16 Å². The molecular formula is C14H11BrFN5O2S. The van der Waals surface area contributed by atoms with Crippen LogP contribution in [0.25, 0.3) is 0 Å². The van der Waals surface area contributed by atoms with Crippen molar-refractivity contribution in [2.45, 2.75) is 12.8 Å². The first kappa shape index (κ1) is 16.7. The lowest BCUT2D eigenvalue weighted by atomic mass is 10.1. The van der Waals surface area contributed by atoms with Crippen LogP contribution in [-0.2, 0) is 12.8 Å². The standard InChI is InChI=1S/C14H11BrFN5O2S/c15-10-5-8(1-3-11(10)16)18-14(19-22)13-12(20-23-21-13)4-2-9-6-24-7-17-9/h1,3,5-7,22H,2,4H2,(H,18,19). The fourth-order valence-corrected chi connectivity index (χ4v) is 2.93. The van der Waals surface area contributed by atoms with E-state index in [4.69, 9.17) is 4.63 Å². The number of amidine groups is 1. The Hall–Kier alpha value is -2.17. The molecule has 0 aliphatic heterocycles. The first-order chi connectivity index (χ1) is 11.7. The fraction of sp³-hybridized carbons (Fsp3) is 0.143. The van der Waals surface area contributed by atoms with Crippen LogP contribution in [0.1, 0.15) is 17.1 Å². The zero-order valence-electron chi connectivity index (χ0n) is 12.1. The van der Waals surface area contributed by atoms with Gasteiger partial charge in [-0.15, -0.1) is 11.3 Å². The summed E-state index contributed by atoms with van der Waals surface area (Å²) < 4.78 is 18.3. The van der Waals surface area contributed by atoms with E-state index >= 15 is 0 Å². The van der Waals surface area contributed by atoms with Crippen LogP contribution in [0.2, 0.25) is 0 Å². The monoisotopic (exact) mass is 411 g/mol. The highest BCUT2D eigenvalue weighted by molar-refractivity contribution is 9.10. The lowest BCUT2D eigenvalue weighted by molar-refractivity contribution is 0.234. The van der Waals surface area contributed by atoms with Crippen molar-refractivity contribution in [3.63, 3.8) is 0 Å². The van der Waals surface area contributed by atoms with Gasteiger partial charge in [-0.25, -0.2) is 19.0 Å². The molecule has 3 rings (SSSR count). The Morgan fingerprint density at radius 1 is 1.38 bits per heavy atom. The Bertz CT molecular complexity index is 853. The molecule has 0 aliphatic carbocycles. The number of halogens is 2. The minimum atomic E-state index is -0.403. The summed E-state index contributed by atoms with van der Waals surface area (Å²) in [4.78, 5) is 8.41. The molecule has 124 valence electrons. The fourth-order valence-electron chi connectivity index (χ4n) is 1.97. The van der Waals surface area contributed by atoms with Gasteiger partial charge in [0, 0.05) is 11.8 Å². The molecule has 0 spiro atoms. The van der Waals surface area contributed by atoms with Crippen LogP contribution in [0.5, 0.6) is 0 Å². The SMILES string of the molecule is ONC(=Nc1ccc(F)c(Br)c1)c1nonc1CCc1cscn1. The van der Waals surface area contributed by atoms with Crippen molar-refractivity contribution >= 4 is 38.8 Å². The van der Waals surface area contributed by atoms with E-state index in [1.165, 1.54) is 29.5 Å². The first-order valence-corrected chi connectivity index (χ1v) is 8.53. The van der Waals surface area contributed by atoms with Gasteiger partial charge in [0.25, 0.3) is 0 Å². The molecule has 0 atom stereocenters. The number of aliphatic imine (C=N–C) groups is 1. The average molecular weight is 412 g/mol. The lowest BCUT2D eigenvalue weighted by Crippen LogP contribution is -2.22. The van der Waals surface area contributed by atoms with Crippen molar-refractivity contribution in [3.05, 3.63) is 56.5 Å². The van der Waals surface area contributed by atoms with E-state index < -0.39 is 5.82 Å². The highest BCUT2D eigenvalue weighted by Gasteiger charge is 2.17. The number of aryl methyl sites for hydroxylation is 2. The molecule has 0 radical (unpaired) electrons. The van der Waals surface area contributed by atoms with E-state index in [1.54, 1.807) is 5.51 Å². The highest BCUT2D eigenvalue weighted by Crippen LogP contribution is 2.23. The summed E-state index contributed by atoms with van der Waals surface area (Å²) in [6.45, 7) is 0. The molecule has 0 bridgehead atoms. The molecular weight excluding hydrogens is 401 g/mol. The zero-order valence-corrected chi connectivity index (χ0v) is 14.5. The summed E-state index contributed by atoms with van der Waals surface area (Å²) in [5, 5.41) is 18.9. The van der Waals surface area contributed by atoms with Crippen LogP contribution in [0, 0.1) is 5.82 Å². The Labute approximate surface area is 148 Å². The summed E-state index contributed by atoms with van der Waals surface area (Å²) in [6.07, 6.45) is 1.18. The summed E-state index contributed by atoms with van der Waals surface area (Å²) in [5.74, 6) is -0.345. The number of hydrogen-bond acceptors (Lipinski definition) is 7. The smallest absolute Gasteiger partial charge is 0.181 e. The molecule has 24 heavy (non-hydrogen) atoms. The van der Waals surface area contributed by atoms with Gasteiger partial charge in [-0.05, 0) is 45.7 Å². The normalized spacial score (nSPS) is 11.7. The molecule has 0 saturated heterocycles. The Balaban J connectivity index is 1.84. The number of nitrogens with zero attached hydrogens (tertiary/aromatic N) is 4. The van der Waals surface area contributed by atoms with Gasteiger partial charge in [0.15, 0.2) is 11.5 Å². The largest absolute Gasteiger partial charge is 0.290 e. The van der Waals surface area contributed by atoms with Gasteiger partial charge in [-0.2, -0.15) is 0 Å². The number of hydrogen-bond donors (Lipinski definition) is 2. The van der Waals surface area contributed by atoms with Crippen molar-refractivity contribution in [3.8, 4) is 0 Å². The summed E-state index contributed by atoms with van der Waals surface area (Å²) in [5.41, 5.74) is 5.92. The number of rotatable bonds is 5. The maximum Gasteiger partial charge on any atom is 0.181 e. The second-order valence-corrected chi connectivity index (χ2v) is 6.28. The Morgan fingerprint density at radius 2 is 2.25 bits per heavy atom. The third-order valence-electron chi connectivity index (χ3n) is 3.13. The number of aromatic nitrogens is 3. The van der Waals surface area contributed by atoms with Crippen molar-refractivity contribution in [2.75, 3.05) is 0 Å².